The van der Waals surface area contributed by atoms with E-state index in [0.717, 1.165) is 0 Å². The number of rotatable bonds is 0. The van der Waals surface area contributed by atoms with Crippen LogP contribution in [0, 0.1) is 0 Å². The zero-order valence-electron chi connectivity index (χ0n) is 5.29. The van der Waals surface area contributed by atoms with E-state index in [2.05, 4.69) is 5.38 Å². The SMILES string of the molecule is O=C1CSc2sccc2C1. The van der Waals surface area contributed by atoms with Gasteiger partial charge in [-0.1, -0.05) is 0 Å². The van der Waals surface area contributed by atoms with Crippen molar-refractivity contribution in [2.24, 2.45) is 0 Å². The maximum absolute atomic E-state index is 10.9. The number of thioether (sulfide) groups is 1. The van der Waals surface area contributed by atoms with Gasteiger partial charge in [-0.25, -0.2) is 0 Å². The number of carbonyl (C=O) groups excluding carboxylic acids is 1. The van der Waals surface area contributed by atoms with E-state index < -0.39 is 0 Å². The molecule has 10 heavy (non-hydrogen) atoms. The molecule has 0 fully saturated rings. The van der Waals surface area contributed by atoms with Crippen LogP contribution in [0.3, 0.4) is 0 Å². The summed E-state index contributed by atoms with van der Waals surface area (Å²) < 4.78 is 1.33. The summed E-state index contributed by atoms with van der Waals surface area (Å²) in [5, 5.41) is 2.05. The molecule has 1 aliphatic heterocycles. The number of hydrogen-bond acceptors (Lipinski definition) is 3. The van der Waals surface area contributed by atoms with Crippen molar-refractivity contribution in [1.29, 1.82) is 0 Å². The molecule has 0 unspecified atom stereocenters. The minimum absolute atomic E-state index is 0.357. The molecule has 0 radical (unpaired) electrons. The van der Waals surface area contributed by atoms with Crippen LogP contribution in [-0.2, 0) is 11.2 Å². The smallest absolute Gasteiger partial charge is 0.147 e. The predicted molar refractivity (Wildman–Crippen MR) is 43.8 cm³/mol. The molecular weight excluding hydrogens is 164 g/mol. The summed E-state index contributed by atoms with van der Waals surface area (Å²) in [6, 6.07) is 2.05. The second-order valence-corrected chi connectivity index (χ2v) is 4.40. The first-order chi connectivity index (χ1) is 4.86. The monoisotopic (exact) mass is 170 g/mol. The van der Waals surface area contributed by atoms with Crippen LogP contribution in [0.1, 0.15) is 5.56 Å². The summed E-state index contributed by atoms with van der Waals surface area (Å²) in [5.41, 5.74) is 1.23. The van der Waals surface area contributed by atoms with E-state index in [4.69, 9.17) is 0 Å². The Morgan fingerprint density at radius 1 is 1.50 bits per heavy atom. The topological polar surface area (TPSA) is 17.1 Å². The van der Waals surface area contributed by atoms with Crippen molar-refractivity contribution in [3.05, 3.63) is 17.0 Å². The first-order valence-corrected chi connectivity index (χ1v) is 4.93. The Hall–Kier alpha value is -0.280. The molecule has 0 amide bonds. The Bertz CT molecular complexity index is 264. The Balaban J connectivity index is 2.39. The van der Waals surface area contributed by atoms with Crippen molar-refractivity contribution in [1.82, 2.24) is 0 Å². The lowest BCUT2D eigenvalue weighted by Gasteiger charge is -2.07. The number of hydrogen-bond donors (Lipinski definition) is 0. The first kappa shape index (κ1) is 6.43. The van der Waals surface area contributed by atoms with Gasteiger partial charge in [-0.05, 0) is 17.0 Å². The number of carbonyl (C=O) groups is 1. The average Bonchev–Trinajstić information content (AvgIpc) is 2.33. The molecule has 2 heterocycles. The molecule has 0 aliphatic carbocycles. The molecule has 1 aromatic heterocycles. The fraction of sp³-hybridized carbons (Fsp3) is 0.286. The lowest BCUT2D eigenvalue weighted by molar-refractivity contribution is -0.116. The highest BCUT2D eigenvalue weighted by Crippen LogP contribution is 2.32. The van der Waals surface area contributed by atoms with E-state index in [1.807, 2.05) is 6.07 Å². The molecule has 3 heteroatoms. The molecule has 1 aliphatic rings. The highest BCUT2D eigenvalue weighted by molar-refractivity contribution is 8.01. The maximum atomic E-state index is 10.9. The molecule has 1 aromatic rings. The highest BCUT2D eigenvalue weighted by Gasteiger charge is 2.16. The van der Waals surface area contributed by atoms with Crippen LogP contribution in [0.25, 0.3) is 0 Å². The van der Waals surface area contributed by atoms with Crippen molar-refractivity contribution in [2.75, 3.05) is 5.75 Å². The van der Waals surface area contributed by atoms with Crippen LogP contribution >= 0.6 is 23.1 Å². The van der Waals surface area contributed by atoms with E-state index in [9.17, 15) is 4.79 Å². The van der Waals surface area contributed by atoms with E-state index in [1.165, 1.54) is 9.77 Å². The summed E-state index contributed by atoms with van der Waals surface area (Å²) in [6.07, 6.45) is 0.659. The lowest BCUT2D eigenvalue weighted by atomic mass is 10.2. The van der Waals surface area contributed by atoms with E-state index >= 15 is 0 Å². The van der Waals surface area contributed by atoms with Crippen molar-refractivity contribution < 1.29 is 4.79 Å². The first-order valence-electron chi connectivity index (χ1n) is 3.07. The van der Waals surface area contributed by atoms with Gasteiger partial charge in [-0.3, -0.25) is 4.79 Å². The molecule has 0 aromatic carbocycles. The Kier molecular flexibility index (Phi) is 1.54. The normalized spacial score (nSPS) is 17.0. The predicted octanol–water partition coefficient (Wildman–Crippen LogP) is 1.97. The standard InChI is InChI=1S/C7H6OS2/c8-6-3-5-1-2-9-7(5)10-4-6/h1-2H,3-4H2. The van der Waals surface area contributed by atoms with Gasteiger partial charge in [0.05, 0.1) is 9.96 Å². The Labute approximate surface area is 67.4 Å². The highest BCUT2D eigenvalue weighted by atomic mass is 32.2. The molecular formula is C7H6OS2. The van der Waals surface area contributed by atoms with Crippen molar-refractivity contribution in [3.63, 3.8) is 0 Å². The molecule has 0 bridgehead atoms. The van der Waals surface area contributed by atoms with Crippen LogP contribution in [0.2, 0.25) is 0 Å². The number of Topliss-reactive ketones (excluding diaryl/α,β-unsaturated/α-hetero) is 1. The third-order valence-corrected chi connectivity index (χ3v) is 3.84. The van der Waals surface area contributed by atoms with Crippen LogP contribution in [-0.4, -0.2) is 11.5 Å². The number of ketones is 1. The fourth-order valence-electron chi connectivity index (χ4n) is 0.989. The summed E-state index contributed by atoms with van der Waals surface area (Å²) in [4.78, 5) is 10.9. The quantitative estimate of drug-likeness (QED) is 0.592. The number of thiophene rings is 1. The van der Waals surface area contributed by atoms with Gasteiger partial charge in [0.1, 0.15) is 5.78 Å². The zero-order chi connectivity index (χ0) is 6.97. The summed E-state index contributed by atoms with van der Waals surface area (Å²) in [6.45, 7) is 0. The molecule has 1 nitrogen and oxygen atoms in total. The van der Waals surface area contributed by atoms with Gasteiger partial charge in [0.2, 0.25) is 0 Å². The maximum Gasteiger partial charge on any atom is 0.147 e. The van der Waals surface area contributed by atoms with Gasteiger partial charge >= 0.3 is 0 Å². The lowest BCUT2D eigenvalue weighted by Crippen LogP contribution is -2.09. The third-order valence-electron chi connectivity index (χ3n) is 1.46. The zero-order valence-corrected chi connectivity index (χ0v) is 6.93. The van der Waals surface area contributed by atoms with Gasteiger partial charge in [0, 0.05) is 6.42 Å². The summed E-state index contributed by atoms with van der Waals surface area (Å²) in [7, 11) is 0. The molecule has 0 spiro atoms. The third kappa shape index (κ3) is 0.995. The Morgan fingerprint density at radius 3 is 3.30 bits per heavy atom. The minimum Gasteiger partial charge on any atom is -0.298 e. The second kappa shape index (κ2) is 2.40. The van der Waals surface area contributed by atoms with Crippen LogP contribution in [0.4, 0.5) is 0 Å². The van der Waals surface area contributed by atoms with Gasteiger partial charge in [0.25, 0.3) is 0 Å². The molecule has 0 saturated heterocycles. The van der Waals surface area contributed by atoms with Gasteiger partial charge in [-0.15, -0.1) is 23.1 Å². The van der Waals surface area contributed by atoms with E-state index in [1.54, 1.807) is 23.1 Å². The van der Waals surface area contributed by atoms with Crippen molar-refractivity contribution in [3.8, 4) is 0 Å². The second-order valence-electron chi connectivity index (χ2n) is 2.24. The molecule has 2 rings (SSSR count). The molecule has 52 valence electrons. The van der Waals surface area contributed by atoms with Crippen molar-refractivity contribution >= 4 is 28.9 Å². The summed E-state index contributed by atoms with van der Waals surface area (Å²) >= 11 is 3.41. The molecule has 0 atom stereocenters. The van der Waals surface area contributed by atoms with Gasteiger partial charge < -0.3 is 0 Å². The van der Waals surface area contributed by atoms with Gasteiger partial charge in [0.15, 0.2) is 0 Å². The minimum atomic E-state index is 0.357. The molecule has 0 N–H and O–H groups in total. The Morgan fingerprint density at radius 2 is 2.40 bits per heavy atom. The van der Waals surface area contributed by atoms with Gasteiger partial charge in [-0.2, -0.15) is 0 Å². The number of fused-ring (bicyclic) bond motifs is 1. The average molecular weight is 170 g/mol. The molecule has 0 saturated carbocycles. The van der Waals surface area contributed by atoms with E-state index in [-0.39, 0.29) is 0 Å². The van der Waals surface area contributed by atoms with Crippen LogP contribution < -0.4 is 0 Å². The van der Waals surface area contributed by atoms with E-state index in [0.29, 0.717) is 18.0 Å². The van der Waals surface area contributed by atoms with Crippen LogP contribution in [0.5, 0.6) is 0 Å². The fourth-order valence-corrected chi connectivity index (χ4v) is 2.97. The summed E-state index contributed by atoms with van der Waals surface area (Å²) in [5.74, 6) is 1.03. The van der Waals surface area contributed by atoms with Crippen molar-refractivity contribution in [2.45, 2.75) is 10.6 Å². The van der Waals surface area contributed by atoms with Crippen LogP contribution in [0.15, 0.2) is 15.7 Å². The largest absolute Gasteiger partial charge is 0.298 e.